The van der Waals surface area contributed by atoms with Crippen molar-refractivity contribution < 1.29 is 9.53 Å². The lowest BCUT2D eigenvalue weighted by Gasteiger charge is -2.19. The lowest BCUT2D eigenvalue weighted by molar-refractivity contribution is 0.00693. The third-order valence-electron chi connectivity index (χ3n) is 1.64. The molecule has 16 heavy (non-hydrogen) atoms. The Kier molecular flexibility index (Phi) is 4.12. The molecule has 0 aliphatic heterocycles. The lowest BCUT2D eigenvalue weighted by atomic mass is 10.2. The van der Waals surface area contributed by atoms with Gasteiger partial charge in [0, 0.05) is 16.8 Å². The van der Waals surface area contributed by atoms with Crippen molar-refractivity contribution in [3.63, 3.8) is 0 Å². The van der Waals surface area contributed by atoms with Crippen molar-refractivity contribution >= 4 is 24.6 Å². The van der Waals surface area contributed by atoms with Crippen LogP contribution >= 0.6 is 11.9 Å². The molecule has 0 unspecified atom stereocenters. The predicted molar refractivity (Wildman–Crippen MR) is 67.0 cm³/mol. The molecule has 0 heterocycles. The van der Waals surface area contributed by atoms with Crippen LogP contribution < -0.4 is 0 Å². The Bertz CT molecular complexity index is 396. The number of benzene rings is 1. The smallest absolute Gasteiger partial charge is 0.338 e. The van der Waals surface area contributed by atoms with E-state index in [1.54, 1.807) is 18.2 Å². The second kappa shape index (κ2) is 5.16. The number of carbonyl (C=O) groups excluding carboxylic acids is 1. The quantitative estimate of drug-likeness (QED) is 0.459. The van der Waals surface area contributed by atoms with Crippen LogP contribution in [0.15, 0.2) is 33.6 Å². The maximum Gasteiger partial charge on any atom is 0.338 e. The summed E-state index contributed by atoms with van der Waals surface area (Å²) >= 11 is 1.23. The van der Waals surface area contributed by atoms with Crippen LogP contribution in [0.25, 0.3) is 0 Å². The standard InChI is InChI=1S/C12H15NO2S/c1-12(2,3)15-11(14)9-6-5-7-10(8-9)16-13-4/h5-8H,4H2,1-3H3. The van der Waals surface area contributed by atoms with Crippen LogP contribution in [-0.2, 0) is 4.74 Å². The maximum absolute atomic E-state index is 11.7. The first-order valence-electron chi connectivity index (χ1n) is 4.89. The molecule has 0 saturated heterocycles. The van der Waals surface area contributed by atoms with Crippen LogP contribution in [0.5, 0.6) is 0 Å². The molecule has 0 aromatic heterocycles. The van der Waals surface area contributed by atoms with Crippen molar-refractivity contribution in [2.24, 2.45) is 4.40 Å². The molecule has 1 aromatic carbocycles. The lowest BCUT2D eigenvalue weighted by Crippen LogP contribution is -2.23. The topological polar surface area (TPSA) is 38.7 Å². The Morgan fingerprint density at radius 1 is 1.44 bits per heavy atom. The van der Waals surface area contributed by atoms with Crippen LogP contribution in [0, 0.1) is 0 Å². The Morgan fingerprint density at radius 2 is 2.12 bits per heavy atom. The van der Waals surface area contributed by atoms with Crippen LogP contribution in [-0.4, -0.2) is 18.3 Å². The minimum absolute atomic E-state index is 0.320. The summed E-state index contributed by atoms with van der Waals surface area (Å²) in [4.78, 5) is 12.6. The molecule has 86 valence electrons. The Morgan fingerprint density at radius 3 is 2.69 bits per heavy atom. The Hall–Kier alpha value is -1.29. The second-order valence-corrected chi connectivity index (χ2v) is 5.16. The molecular weight excluding hydrogens is 222 g/mol. The molecular formula is C12H15NO2S. The van der Waals surface area contributed by atoms with E-state index in [4.69, 9.17) is 4.74 Å². The highest BCUT2D eigenvalue weighted by Crippen LogP contribution is 2.20. The van der Waals surface area contributed by atoms with Gasteiger partial charge >= 0.3 is 5.97 Å². The average Bonchev–Trinajstić information content (AvgIpc) is 2.16. The molecule has 1 rings (SSSR count). The third-order valence-corrected chi connectivity index (χ3v) is 2.23. The minimum atomic E-state index is -0.475. The summed E-state index contributed by atoms with van der Waals surface area (Å²) in [7, 11) is 0. The van der Waals surface area contributed by atoms with E-state index in [-0.39, 0.29) is 5.97 Å². The number of esters is 1. The van der Waals surface area contributed by atoms with Gasteiger partial charge in [-0.15, -0.1) is 0 Å². The summed E-state index contributed by atoms with van der Waals surface area (Å²) in [5.74, 6) is -0.320. The highest BCUT2D eigenvalue weighted by molar-refractivity contribution is 7.98. The highest BCUT2D eigenvalue weighted by atomic mass is 32.2. The minimum Gasteiger partial charge on any atom is -0.456 e. The van der Waals surface area contributed by atoms with Crippen molar-refractivity contribution in [1.29, 1.82) is 0 Å². The first kappa shape index (κ1) is 12.8. The van der Waals surface area contributed by atoms with Gasteiger partial charge in [-0.2, -0.15) is 0 Å². The van der Waals surface area contributed by atoms with E-state index < -0.39 is 5.60 Å². The molecule has 3 nitrogen and oxygen atoms in total. The van der Waals surface area contributed by atoms with Gasteiger partial charge in [-0.05, 0) is 45.7 Å². The molecule has 0 N–H and O–H groups in total. The van der Waals surface area contributed by atoms with Gasteiger partial charge in [0.05, 0.1) is 5.56 Å². The number of hydrogen-bond acceptors (Lipinski definition) is 4. The summed E-state index contributed by atoms with van der Waals surface area (Å²) in [6.07, 6.45) is 0. The molecule has 0 bridgehead atoms. The summed E-state index contributed by atoms with van der Waals surface area (Å²) in [5.41, 5.74) is 0.0558. The number of nitrogens with zero attached hydrogens (tertiary/aromatic N) is 1. The van der Waals surface area contributed by atoms with E-state index in [2.05, 4.69) is 11.1 Å². The molecule has 4 heteroatoms. The number of rotatable bonds is 3. The maximum atomic E-state index is 11.7. The number of hydrogen-bond donors (Lipinski definition) is 0. The van der Waals surface area contributed by atoms with Crippen LogP contribution in [0.4, 0.5) is 0 Å². The largest absolute Gasteiger partial charge is 0.456 e. The van der Waals surface area contributed by atoms with Crippen molar-refractivity contribution in [1.82, 2.24) is 0 Å². The monoisotopic (exact) mass is 237 g/mol. The molecule has 0 aliphatic rings. The number of ether oxygens (including phenoxy) is 1. The zero-order valence-electron chi connectivity index (χ0n) is 9.69. The van der Waals surface area contributed by atoms with Gasteiger partial charge in [-0.3, -0.25) is 0 Å². The van der Waals surface area contributed by atoms with Crippen molar-refractivity contribution in [3.05, 3.63) is 29.8 Å². The van der Waals surface area contributed by atoms with E-state index >= 15 is 0 Å². The van der Waals surface area contributed by atoms with Gasteiger partial charge in [0.15, 0.2) is 0 Å². The fourth-order valence-electron chi connectivity index (χ4n) is 1.09. The molecule has 0 fully saturated rings. The van der Waals surface area contributed by atoms with Gasteiger partial charge in [0.1, 0.15) is 5.60 Å². The van der Waals surface area contributed by atoms with Crippen LogP contribution in [0.2, 0.25) is 0 Å². The van der Waals surface area contributed by atoms with Gasteiger partial charge in [-0.25, -0.2) is 9.19 Å². The summed E-state index contributed by atoms with van der Waals surface area (Å²) in [6, 6.07) is 7.13. The van der Waals surface area contributed by atoms with Gasteiger partial charge in [-0.1, -0.05) is 6.07 Å². The van der Waals surface area contributed by atoms with E-state index in [1.165, 1.54) is 11.9 Å². The summed E-state index contributed by atoms with van der Waals surface area (Å²) < 4.78 is 8.96. The molecule has 0 spiro atoms. The van der Waals surface area contributed by atoms with E-state index in [0.29, 0.717) is 5.56 Å². The highest BCUT2D eigenvalue weighted by Gasteiger charge is 2.17. The molecule has 0 radical (unpaired) electrons. The first-order chi connectivity index (χ1) is 7.42. The van der Waals surface area contributed by atoms with Crippen molar-refractivity contribution in [2.75, 3.05) is 0 Å². The predicted octanol–water partition coefficient (Wildman–Crippen LogP) is 3.35. The van der Waals surface area contributed by atoms with Crippen molar-refractivity contribution in [3.8, 4) is 0 Å². The average molecular weight is 237 g/mol. The van der Waals surface area contributed by atoms with Crippen LogP contribution in [0.1, 0.15) is 31.1 Å². The molecule has 0 aliphatic carbocycles. The molecule has 1 aromatic rings. The van der Waals surface area contributed by atoms with Gasteiger partial charge in [0.25, 0.3) is 0 Å². The Labute approximate surface area is 100 Å². The molecule has 0 amide bonds. The zero-order valence-corrected chi connectivity index (χ0v) is 10.5. The van der Waals surface area contributed by atoms with Crippen LogP contribution in [0.3, 0.4) is 0 Å². The molecule has 0 atom stereocenters. The number of carbonyl (C=O) groups is 1. The summed E-state index contributed by atoms with van der Waals surface area (Å²) in [5, 5.41) is 0. The van der Waals surface area contributed by atoms with E-state index in [0.717, 1.165) is 4.90 Å². The Balaban J connectivity index is 2.83. The normalized spacial score (nSPS) is 10.9. The second-order valence-electron chi connectivity index (χ2n) is 4.25. The SMILES string of the molecule is C=NSc1cccc(C(=O)OC(C)(C)C)c1. The van der Waals surface area contributed by atoms with Gasteiger partial charge < -0.3 is 4.74 Å². The van der Waals surface area contributed by atoms with Crippen molar-refractivity contribution in [2.45, 2.75) is 31.3 Å². The van der Waals surface area contributed by atoms with E-state index in [1.807, 2.05) is 26.8 Å². The molecule has 0 saturated carbocycles. The third kappa shape index (κ3) is 4.06. The summed E-state index contributed by atoms with van der Waals surface area (Å²) in [6.45, 7) is 8.91. The zero-order chi connectivity index (χ0) is 12.2. The fourth-order valence-corrected chi connectivity index (χ4v) is 1.56. The first-order valence-corrected chi connectivity index (χ1v) is 5.66. The van der Waals surface area contributed by atoms with E-state index in [9.17, 15) is 4.79 Å². The van der Waals surface area contributed by atoms with Gasteiger partial charge in [0.2, 0.25) is 0 Å². The fraction of sp³-hybridized carbons (Fsp3) is 0.333.